The van der Waals surface area contributed by atoms with Crippen molar-refractivity contribution in [1.29, 1.82) is 0 Å². The van der Waals surface area contributed by atoms with E-state index in [9.17, 15) is 0 Å². The van der Waals surface area contributed by atoms with Gasteiger partial charge in [-0.15, -0.1) is 0 Å². The van der Waals surface area contributed by atoms with Gasteiger partial charge in [-0.1, -0.05) is 36.7 Å². The van der Waals surface area contributed by atoms with Crippen molar-refractivity contribution in [1.82, 2.24) is 5.32 Å². The molecule has 0 aliphatic rings. The second-order valence-corrected chi connectivity index (χ2v) is 2.53. The smallest absolute Gasteiger partial charge is 0.113 e. The molecule has 0 saturated heterocycles. The van der Waals surface area contributed by atoms with Crippen LogP contribution in [0.25, 0.3) is 0 Å². The highest BCUT2D eigenvalue weighted by molar-refractivity contribution is 6.32. The van der Waals surface area contributed by atoms with Crippen LogP contribution in [0.15, 0.2) is 24.3 Å². The third-order valence-electron chi connectivity index (χ3n) is 1.53. The summed E-state index contributed by atoms with van der Waals surface area (Å²) in [6, 6.07) is 7.93. The Balaban J connectivity index is 2.56. The molecule has 1 aromatic rings. The fraction of sp³-hybridized carbons (Fsp3) is 0.333. The number of benzene rings is 1. The zero-order chi connectivity index (χ0) is 8.10. The lowest BCUT2D eigenvalue weighted by atomic mass is 9.94. The predicted molar refractivity (Wildman–Crippen MR) is 49.2 cm³/mol. The average molecular weight is 145 g/mol. The first-order chi connectivity index (χ1) is 5.33. The minimum atomic E-state index is 0.834. The molecule has 0 aliphatic heterocycles. The minimum Gasteiger partial charge on any atom is -0.313 e. The largest absolute Gasteiger partial charge is 0.313 e. The summed E-state index contributed by atoms with van der Waals surface area (Å²) in [5, 5.41) is 3.24. The minimum absolute atomic E-state index is 0.834. The Hall–Kier alpha value is -0.755. The first-order valence-corrected chi connectivity index (χ1v) is 3.88. The van der Waals surface area contributed by atoms with Gasteiger partial charge < -0.3 is 5.32 Å². The quantitative estimate of drug-likeness (QED) is 0.613. The molecule has 0 bridgehead atoms. The standard InChI is InChI=1S/C9H12BN/c1-2-11-7-8-4-3-5-9(10)6-8/h3-6,11H,2,7H2,1H3. The van der Waals surface area contributed by atoms with Crippen LogP contribution in [0.5, 0.6) is 0 Å². The Bertz CT molecular complexity index is 223. The molecule has 1 rings (SSSR count). The fourth-order valence-corrected chi connectivity index (χ4v) is 0.972. The molecule has 1 nitrogen and oxygen atoms in total. The van der Waals surface area contributed by atoms with Crippen molar-refractivity contribution >= 4 is 13.3 Å². The van der Waals surface area contributed by atoms with Gasteiger partial charge in [0.05, 0.1) is 0 Å². The highest BCUT2D eigenvalue weighted by atomic mass is 14.8. The van der Waals surface area contributed by atoms with Crippen LogP contribution in [-0.4, -0.2) is 14.4 Å². The molecule has 0 heterocycles. The van der Waals surface area contributed by atoms with Crippen molar-refractivity contribution < 1.29 is 0 Å². The SMILES string of the molecule is [B]c1cccc(CNCC)c1. The van der Waals surface area contributed by atoms with E-state index in [2.05, 4.69) is 18.3 Å². The van der Waals surface area contributed by atoms with Crippen LogP contribution in [0.3, 0.4) is 0 Å². The molecule has 0 unspecified atom stereocenters. The van der Waals surface area contributed by atoms with Gasteiger partial charge >= 0.3 is 0 Å². The van der Waals surface area contributed by atoms with Gasteiger partial charge in [-0.05, 0) is 12.1 Å². The van der Waals surface area contributed by atoms with Crippen LogP contribution >= 0.6 is 0 Å². The van der Waals surface area contributed by atoms with Crippen LogP contribution in [-0.2, 0) is 6.54 Å². The topological polar surface area (TPSA) is 12.0 Å². The summed E-state index contributed by atoms with van der Waals surface area (Å²) in [6.07, 6.45) is 0. The van der Waals surface area contributed by atoms with E-state index in [-0.39, 0.29) is 0 Å². The van der Waals surface area contributed by atoms with Gasteiger partial charge in [0.15, 0.2) is 0 Å². The molecule has 1 N–H and O–H groups in total. The van der Waals surface area contributed by atoms with E-state index < -0.39 is 0 Å². The molecule has 2 heteroatoms. The summed E-state index contributed by atoms with van der Waals surface area (Å²) in [5.74, 6) is 0. The number of rotatable bonds is 3. The van der Waals surface area contributed by atoms with Crippen molar-refractivity contribution in [2.45, 2.75) is 13.5 Å². The third kappa shape index (κ3) is 2.77. The molecule has 0 saturated carbocycles. The van der Waals surface area contributed by atoms with Gasteiger partial charge in [0.1, 0.15) is 7.85 Å². The van der Waals surface area contributed by atoms with E-state index in [1.54, 1.807) is 0 Å². The third-order valence-corrected chi connectivity index (χ3v) is 1.53. The molecular formula is C9H12BN. The molecule has 0 aliphatic carbocycles. The van der Waals surface area contributed by atoms with Crippen LogP contribution < -0.4 is 10.8 Å². The molecule has 2 radical (unpaired) electrons. The summed E-state index contributed by atoms with van der Waals surface area (Å²) >= 11 is 0. The Morgan fingerprint density at radius 1 is 1.45 bits per heavy atom. The Morgan fingerprint density at radius 2 is 2.27 bits per heavy atom. The van der Waals surface area contributed by atoms with Gasteiger partial charge in [-0.2, -0.15) is 0 Å². The number of nitrogens with one attached hydrogen (secondary N) is 1. The average Bonchev–Trinajstić information content (AvgIpc) is 2.01. The van der Waals surface area contributed by atoms with Crippen LogP contribution in [0.2, 0.25) is 0 Å². The Kier molecular flexibility index (Phi) is 3.18. The first-order valence-electron chi connectivity index (χ1n) is 3.88. The van der Waals surface area contributed by atoms with E-state index in [1.165, 1.54) is 5.56 Å². The van der Waals surface area contributed by atoms with Crippen LogP contribution in [0.1, 0.15) is 12.5 Å². The monoisotopic (exact) mass is 145 g/mol. The van der Waals surface area contributed by atoms with Gasteiger partial charge in [0.2, 0.25) is 0 Å². The molecule has 1 aromatic carbocycles. The maximum atomic E-state index is 5.60. The van der Waals surface area contributed by atoms with Crippen LogP contribution in [0, 0.1) is 0 Å². The zero-order valence-electron chi connectivity index (χ0n) is 6.80. The van der Waals surface area contributed by atoms with Crippen molar-refractivity contribution in [2.24, 2.45) is 0 Å². The Morgan fingerprint density at radius 3 is 2.91 bits per heavy atom. The summed E-state index contributed by atoms with van der Waals surface area (Å²) in [4.78, 5) is 0. The zero-order valence-corrected chi connectivity index (χ0v) is 6.80. The molecule has 0 amide bonds. The molecule has 0 fully saturated rings. The summed E-state index contributed by atoms with van der Waals surface area (Å²) in [6.45, 7) is 3.99. The van der Waals surface area contributed by atoms with E-state index in [0.29, 0.717) is 0 Å². The van der Waals surface area contributed by atoms with Gasteiger partial charge in [-0.3, -0.25) is 0 Å². The predicted octanol–water partition coefficient (Wildman–Crippen LogP) is 0.590. The lowest BCUT2D eigenvalue weighted by molar-refractivity contribution is 0.727. The van der Waals surface area contributed by atoms with Crippen molar-refractivity contribution in [2.75, 3.05) is 6.54 Å². The Labute approximate surface area is 69.2 Å². The maximum absolute atomic E-state index is 5.60. The number of hydrogen-bond acceptors (Lipinski definition) is 1. The van der Waals surface area contributed by atoms with Crippen molar-refractivity contribution in [3.63, 3.8) is 0 Å². The number of hydrogen-bond donors (Lipinski definition) is 1. The highest BCUT2D eigenvalue weighted by Crippen LogP contribution is 1.94. The van der Waals surface area contributed by atoms with E-state index in [0.717, 1.165) is 18.6 Å². The van der Waals surface area contributed by atoms with E-state index in [4.69, 9.17) is 7.85 Å². The second-order valence-electron chi connectivity index (χ2n) is 2.53. The maximum Gasteiger partial charge on any atom is 0.113 e. The lowest BCUT2D eigenvalue weighted by Crippen LogP contribution is -2.13. The van der Waals surface area contributed by atoms with Gasteiger partial charge in [-0.25, -0.2) is 0 Å². The molecular weight excluding hydrogens is 133 g/mol. The lowest BCUT2D eigenvalue weighted by Gasteiger charge is -2.02. The molecule has 0 atom stereocenters. The second kappa shape index (κ2) is 4.19. The van der Waals surface area contributed by atoms with E-state index >= 15 is 0 Å². The van der Waals surface area contributed by atoms with E-state index in [1.807, 2.05) is 18.2 Å². The van der Waals surface area contributed by atoms with Crippen molar-refractivity contribution in [3.8, 4) is 0 Å². The van der Waals surface area contributed by atoms with Gasteiger partial charge in [0.25, 0.3) is 0 Å². The summed E-state index contributed by atoms with van der Waals surface area (Å²) in [5.41, 5.74) is 2.08. The molecule has 56 valence electrons. The van der Waals surface area contributed by atoms with Crippen LogP contribution in [0.4, 0.5) is 0 Å². The molecule has 0 spiro atoms. The van der Waals surface area contributed by atoms with Gasteiger partial charge in [0, 0.05) is 6.54 Å². The fourth-order valence-electron chi connectivity index (χ4n) is 0.972. The summed E-state index contributed by atoms with van der Waals surface area (Å²) in [7, 11) is 5.60. The summed E-state index contributed by atoms with van der Waals surface area (Å²) < 4.78 is 0. The highest BCUT2D eigenvalue weighted by Gasteiger charge is 1.89. The van der Waals surface area contributed by atoms with Crippen molar-refractivity contribution in [3.05, 3.63) is 29.8 Å². The molecule has 0 aromatic heterocycles. The first kappa shape index (κ1) is 8.34. The normalized spacial score (nSPS) is 9.91. The molecule has 11 heavy (non-hydrogen) atoms.